The second-order valence-electron chi connectivity index (χ2n) is 5.99. The third-order valence-electron chi connectivity index (χ3n) is 4.08. The Balaban J connectivity index is 1.34. The van der Waals surface area contributed by atoms with E-state index < -0.39 is 11.9 Å². The third kappa shape index (κ3) is 3.85. The van der Waals surface area contributed by atoms with Crippen molar-refractivity contribution in [1.82, 2.24) is 20.2 Å². The molecular weight excluding hydrogens is 358 g/mol. The lowest BCUT2D eigenvalue weighted by atomic mass is 10.1. The molecule has 8 heteroatoms. The number of carbonyl (C=O) groups excluding carboxylic acids is 2. The van der Waals surface area contributed by atoms with E-state index in [1.807, 2.05) is 36.4 Å². The number of carbonyl (C=O) groups is 2. The number of ether oxygens (including phenoxy) is 1. The van der Waals surface area contributed by atoms with E-state index in [0.29, 0.717) is 16.9 Å². The van der Waals surface area contributed by atoms with E-state index in [4.69, 9.17) is 4.74 Å². The Hall–Kier alpha value is -4.07. The summed E-state index contributed by atoms with van der Waals surface area (Å²) >= 11 is 0. The fourth-order valence-corrected chi connectivity index (χ4v) is 2.71. The van der Waals surface area contributed by atoms with Crippen LogP contribution >= 0.6 is 0 Å². The van der Waals surface area contributed by atoms with Crippen molar-refractivity contribution < 1.29 is 14.3 Å². The van der Waals surface area contributed by atoms with Gasteiger partial charge in [-0.05, 0) is 57.6 Å². The number of aromatic nitrogens is 4. The Morgan fingerprint density at radius 3 is 2.50 bits per heavy atom. The maximum absolute atomic E-state index is 12.1. The van der Waals surface area contributed by atoms with Crippen LogP contribution in [0.4, 0.5) is 5.69 Å². The maximum atomic E-state index is 12.1. The monoisotopic (exact) mass is 373 g/mol. The first-order chi connectivity index (χ1) is 13.7. The highest BCUT2D eigenvalue weighted by molar-refractivity contribution is 5.97. The lowest BCUT2D eigenvalue weighted by molar-refractivity contribution is -0.119. The predicted octanol–water partition coefficient (Wildman–Crippen LogP) is 2.61. The molecule has 0 aliphatic rings. The van der Waals surface area contributed by atoms with Gasteiger partial charge in [0.15, 0.2) is 6.61 Å². The van der Waals surface area contributed by atoms with E-state index in [-0.39, 0.29) is 6.61 Å². The molecular formula is C20H15N5O3. The number of tetrazole rings is 1. The van der Waals surface area contributed by atoms with Crippen molar-refractivity contribution in [2.24, 2.45) is 0 Å². The van der Waals surface area contributed by atoms with Crippen LogP contribution in [0.3, 0.4) is 0 Å². The molecule has 4 rings (SSSR count). The molecule has 1 heterocycles. The van der Waals surface area contributed by atoms with E-state index in [0.717, 1.165) is 10.8 Å². The number of anilines is 1. The average molecular weight is 373 g/mol. The summed E-state index contributed by atoms with van der Waals surface area (Å²) in [7, 11) is 0. The van der Waals surface area contributed by atoms with Crippen LogP contribution in [0.2, 0.25) is 0 Å². The van der Waals surface area contributed by atoms with Gasteiger partial charge in [-0.3, -0.25) is 4.79 Å². The molecule has 1 amide bonds. The minimum Gasteiger partial charge on any atom is -0.452 e. The van der Waals surface area contributed by atoms with Gasteiger partial charge in [-0.2, -0.15) is 0 Å². The van der Waals surface area contributed by atoms with Crippen LogP contribution in [-0.4, -0.2) is 38.7 Å². The Bertz CT molecular complexity index is 1120. The van der Waals surface area contributed by atoms with E-state index in [2.05, 4.69) is 20.8 Å². The van der Waals surface area contributed by atoms with Crippen LogP contribution < -0.4 is 5.32 Å². The van der Waals surface area contributed by atoms with Crippen molar-refractivity contribution in [2.45, 2.75) is 0 Å². The maximum Gasteiger partial charge on any atom is 0.338 e. The minimum absolute atomic E-state index is 0.329. The molecule has 138 valence electrons. The zero-order valence-corrected chi connectivity index (χ0v) is 14.6. The molecule has 28 heavy (non-hydrogen) atoms. The molecule has 1 aromatic heterocycles. The largest absolute Gasteiger partial charge is 0.452 e. The molecule has 0 radical (unpaired) electrons. The lowest BCUT2D eigenvalue weighted by Crippen LogP contribution is -2.20. The average Bonchev–Trinajstić information content (AvgIpc) is 3.27. The fourth-order valence-electron chi connectivity index (χ4n) is 2.71. The van der Waals surface area contributed by atoms with Gasteiger partial charge in [-0.25, -0.2) is 9.48 Å². The zero-order valence-electron chi connectivity index (χ0n) is 14.6. The van der Waals surface area contributed by atoms with Crippen molar-refractivity contribution >= 4 is 28.3 Å². The van der Waals surface area contributed by atoms with Crippen LogP contribution in [0.1, 0.15) is 10.4 Å². The number of hydrogen-bond acceptors (Lipinski definition) is 6. The lowest BCUT2D eigenvalue weighted by Gasteiger charge is -2.08. The van der Waals surface area contributed by atoms with Crippen molar-refractivity contribution in [3.8, 4) is 5.69 Å². The van der Waals surface area contributed by atoms with E-state index in [1.54, 1.807) is 30.3 Å². The van der Waals surface area contributed by atoms with Crippen LogP contribution in [-0.2, 0) is 9.53 Å². The first-order valence-electron chi connectivity index (χ1n) is 8.48. The number of nitrogens with zero attached hydrogens (tertiary/aromatic N) is 4. The van der Waals surface area contributed by atoms with Gasteiger partial charge in [-0.1, -0.05) is 30.3 Å². The first-order valence-corrected chi connectivity index (χ1v) is 8.48. The summed E-state index contributed by atoms with van der Waals surface area (Å²) in [5, 5.41) is 15.7. The Labute approximate surface area is 159 Å². The fraction of sp³-hybridized carbons (Fsp3) is 0.0500. The molecule has 0 unspecified atom stereocenters. The molecule has 0 atom stereocenters. The highest BCUT2D eigenvalue weighted by Gasteiger charge is 2.11. The van der Waals surface area contributed by atoms with E-state index >= 15 is 0 Å². The standard InChI is InChI=1S/C20H15N5O3/c26-19(22-17-8-5-14-3-1-2-4-16(14)11-17)12-28-20(27)15-6-9-18(10-7-15)25-13-21-23-24-25/h1-11,13H,12H2,(H,22,26). The summed E-state index contributed by atoms with van der Waals surface area (Å²) < 4.78 is 6.55. The molecule has 0 spiro atoms. The zero-order chi connectivity index (χ0) is 19.3. The number of esters is 1. The topological polar surface area (TPSA) is 99.0 Å². The SMILES string of the molecule is O=C(COC(=O)c1ccc(-n2cnnn2)cc1)Nc1ccc2ccccc2c1. The summed E-state index contributed by atoms with van der Waals surface area (Å²) in [4.78, 5) is 24.2. The van der Waals surface area contributed by atoms with Crippen LogP contribution in [0.15, 0.2) is 73.1 Å². The molecule has 8 nitrogen and oxygen atoms in total. The van der Waals surface area contributed by atoms with Crippen molar-refractivity contribution in [3.63, 3.8) is 0 Å². The van der Waals surface area contributed by atoms with Crippen molar-refractivity contribution in [2.75, 3.05) is 11.9 Å². The number of fused-ring (bicyclic) bond motifs is 1. The quantitative estimate of drug-likeness (QED) is 0.540. The van der Waals surface area contributed by atoms with Gasteiger partial charge in [0.25, 0.3) is 5.91 Å². The van der Waals surface area contributed by atoms with Gasteiger partial charge in [0.2, 0.25) is 0 Å². The number of rotatable bonds is 5. The number of nitrogens with one attached hydrogen (secondary N) is 1. The van der Waals surface area contributed by atoms with Gasteiger partial charge in [-0.15, -0.1) is 5.10 Å². The van der Waals surface area contributed by atoms with Gasteiger partial charge < -0.3 is 10.1 Å². The molecule has 0 fully saturated rings. The molecule has 0 saturated carbocycles. The number of amides is 1. The summed E-state index contributed by atoms with van der Waals surface area (Å²) in [6, 6.07) is 20.0. The Kier molecular flexibility index (Phi) is 4.75. The Morgan fingerprint density at radius 2 is 1.75 bits per heavy atom. The molecule has 4 aromatic rings. The van der Waals surface area contributed by atoms with Gasteiger partial charge in [0.05, 0.1) is 11.3 Å². The van der Waals surface area contributed by atoms with Gasteiger partial charge in [0, 0.05) is 5.69 Å². The smallest absolute Gasteiger partial charge is 0.338 e. The number of hydrogen-bond donors (Lipinski definition) is 1. The van der Waals surface area contributed by atoms with Crippen molar-refractivity contribution in [3.05, 3.63) is 78.6 Å². The molecule has 0 aliphatic heterocycles. The predicted molar refractivity (Wildman–Crippen MR) is 102 cm³/mol. The van der Waals surface area contributed by atoms with Gasteiger partial charge >= 0.3 is 5.97 Å². The molecule has 0 bridgehead atoms. The number of benzene rings is 3. The molecule has 1 N–H and O–H groups in total. The van der Waals surface area contributed by atoms with Crippen LogP contribution in [0, 0.1) is 0 Å². The second kappa shape index (κ2) is 7.67. The normalized spacial score (nSPS) is 10.6. The Morgan fingerprint density at radius 1 is 0.964 bits per heavy atom. The third-order valence-corrected chi connectivity index (χ3v) is 4.08. The molecule has 0 saturated heterocycles. The van der Waals surface area contributed by atoms with E-state index in [1.165, 1.54) is 11.0 Å². The molecule has 3 aromatic carbocycles. The van der Waals surface area contributed by atoms with Crippen molar-refractivity contribution in [1.29, 1.82) is 0 Å². The van der Waals surface area contributed by atoms with Crippen LogP contribution in [0.5, 0.6) is 0 Å². The summed E-state index contributed by atoms with van der Waals surface area (Å²) in [6.07, 6.45) is 1.45. The minimum atomic E-state index is -0.586. The summed E-state index contributed by atoms with van der Waals surface area (Å²) in [5.74, 6) is -0.995. The molecule has 0 aliphatic carbocycles. The highest BCUT2D eigenvalue weighted by atomic mass is 16.5. The summed E-state index contributed by atoms with van der Waals surface area (Å²) in [6.45, 7) is -0.375. The second-order valence-corrected chi connectivity index (χ2v) is 5.99. The van der Waals surface area contributed by atoms with Crippen LogP contribution in [0.25, 0.3) is 16.5 Å². The first kappa shape index (κ1) is 17.3. The van der Waals surface area contributed by atoms with E-state index in [9.17, 15) is 9.59 Å². The highest BCUT2D eigenvalue weighted by Crippen LogP contribution is 2.18. The van der Waals surface area contributed by atoms with Gasteiger partial charge in [0.1, 0.15) is 6.33 Å². The summed E-state index contributed by atoms with van der Waals surface area (Å²) in [5.41, 5.74) is 1.68.